The average Bonchev–Trinajstić information content (AvgIpc) is 3.12. The van der Waals surface area contributed by atoms with Crippen LogP contribution in [0.2, 0.25) is 0 Å². The van der Waals surface area contributed by atoms with Crippen LogP contribution in [0.3, 0.4) is 0 Å². The largest absolute Gasteiger partial charge is 0.507 e. The van der Waals surface area contributed by atoms with Crippen molar-refractivity contribution in [3.8, 4) is 16.9 Å². The predicted octanol–water partition coefficient (Wildman–Crippen LogP) is 6.24. The summed E-state index contributed by atoms with van der Waals surface area (Å²) in [4.78, 5) is 13.2. The van der Waals surface area contributed by atoms with Crippen LogP contribution in [0, 0.1) is 6.92 Å². The van der Waals surface area contributed by atoms with Crippen LogP contribution < -0.4 is 5.32 Å². The molecular weight excluding hydrogens is 382 g/mol. The Hall–Kier alpha value is -3.85. The summed E-state index contributed by atoms with van der Waals surface area (Å²) in [6, 6.07) is 31.9. The number of phenols is 1. The molecule has 0 radical (unpaired) electrons. The fourth-order valence-corrected chi connectivity index (χ4v) is 4.56. The van der Waals surface area contributed by atoms with Gasteiger partial charge in [0.1, 0.15) is 5.75 Å². The first-order valence-corrected chi connectivity index (χ1v) is 10.5. The number of hydrogen-bond acceptors (Lipinski definition) is 2. The molecule has 0 saturated carbocycles. The molecule has 3 heteroatoms. The van der Waals surface area contributed by atoms with E-state index in [4.69, 9.17) is 0 Å². The van der Waals surface area contributed by atoms with Crippen molar-refractivity contribution >= 4 is 11.6 Å². The number of amides is 1. The molecule has 1 aliphatic heterocycles. The van der Waals surface area contributed by atoms with Crippen molar-refractivity contribution in [1.29, 1.82) is 0 Å². The molecule has 4 aromatic rings. The topological polar surface area (TPSA) is 49.3 Å². The van der Waals surface area contributed by atoms with Gasteiger partial charge in [-0.25, -0.2) is 0 Å². The zero-order valence-corrected chi connectivity index (χ0v) is 17.2. The first kappa shape index (κ1) is 19.1. The minimum atomic E-state index is -0.355. The Balaban J connectivity index is 1.67. The third kappa shape index (κ3) is 3.49. The van der Waals surface area contributed by atoms with Gasteiger partial charge in [0.15, 0.2) is 0 Å². The molecule has 0 bridgehead atoms. The van der Waals surface area contributed by atoms with Gasteiger partial charge in [0.2, 0.25) is 5.91 Å². The smallest absolute Gasteiger partial charge is 0.232 e. The van der Waals surface area contributed by atoms with E-state index < -0.39 is 0 Å². The van der Waals surface area contributed by atoms with Crippen LogP contribution in [0.4, 0.5) is 5.69 Å². The van der Waals surface area contributed by atoms with E-state index in [0.29, 0.717) is 0 Å². The highest BCUT2D eigenvalue weighted by atomic mass is 16.3. The molecule has 1 heterocycles. The molecule has 5 rings (SSSR count). The van der Waals surface area contributed by atoms with E-state index in [1.54, 1.807) is 6.07 Å². The van der Waals surface area contributed by atoms with Gasteiger partial charge >= 0.3 is 0 Å². The Bertz CT molecular complexity index is 1210. The number of carbonyl (C=O) groups is 1. The van der Waals surface area contributed by atoms with Gasteiger partial charge in [0, 0.05) is 17.2 Å². The lowest BCUT2D eigenvalue weighted by atomic mass is 9.77. The number of phenolic OH excluding ortho intramolecular Hbond substituents is 1. The van der Waals surface area contributed by atoms with E-state index in [0.717, 1.165) is 39.1 Å². The van der Waals surface area contributed by atoms with E-state index >= 15 is 0 Å². The van der Waals surface area contributed by atoms with E-state index in [-0.39, 0.29) is 23.5 Å². The molecule has 1 aliphatic rings. The molecular formula is C28H23NO2. The lowest BCUT2D eigenvalue weighted by Gasteiger charge is -2.24. The Morgan fingerprint density at radius 1 is 0.806 bits per heavy atom. The Labute approximate surface area is 182 Å². The molecule has 0 saturated heterocycles. The first-order chi connectivity index (χ1) is 15.1. The van der Waals surface area contributed by atoms with Crippen LogP contribution in [0.5, 0.6) is 5.75 Å². The highest BCUT2D eigenvalue weighted by Gasteiger charge is 2.38. The first-order valence-electron chi connectivity index (χ1n) is 10.5. The lowest BCUT2D eigenvalue weighted by Crippen LogP contribution is -2.20. The molecule has 31 heavy (non-hydrogen) atoms. The molecule has 1 unspecified atom stereocenters. The summed E-state index contributed by atoms with van der Waals surface area (Å²) in [5.41, 5.74) is 6.75. The van der Waals surface area contributed by atoms with Crippen LogP contribution in [-0.4, -0.2) is 11.0 Å². The molecule has 2 N–H and O–H groups in total. The standard InChI is InChI=1S/C28H23NO2/c1-18-12-15-25(30)22(16-18)21-13-14-24-23(17-21)27(28(31)29-24)26(19-8-4-2-5-9-19)20-10-6-3-7-11-20/h2-17,26-27,30H,1H3,(H,29,31). The number of carbonyl (C=O) groups excluding carboxylic acids is 1. The number of rotatable bonds is 4. The molecule has 4 aromatic carbocycles. The second-order valence-electron chi connectivity index (χ2n) is 8.09. The maximum absolute atomic E-state index is 13.2. The molecule has 152 valence electrons. The number of benzene rings is 4. The maximum Gasteiger partial charge on any atom is 0.232 e. The molecule has 0 aromatic heterocycles. The maximum atomic E-state index is 13.2. The number of hydrogen-bond donors (Lipinski definition) is 2. The van der Waals surface area contributed by atoms with Gasteiger partial charge in [-0.1, -0.05) is 78.4 Å². The van der Waals surface area contributed by atoms with Crippen molar-refractivity contribution in [2.45, 2.75) is 18.8 Å². The average molecular weight is 405 g/mol. The normalized spacial score (nSPS) is 15.0. The third-order valence-corrected chi connectivity index (χ3v) is 6.04. The SMILES string of the molecule is Cc1ccc(O)c(-c2ccc3c(c2)C(C(c2ccccc2)c2ccccc2)C(=O)N3)c1. The molecule has 1 amide bonds. The molecule has 3 nitrogen and oxygen atoms in total. The van der Waals surface area contributed by atoms with Crippen molar-refractivity contribution < 1.29 is 9.90 Å². The molecule has 1 atom stereocenters. The van der Waals surface area contributed by atoms with Crippen LogP contribution in [0.25, 0.3) is 11.1 Å². The number of aryl methyl sites for hydroxylation is 1. The zero-order chi connectivity index (χ0) is 21.4. The van der Waals surface area contributed by atoms with Gasteiger partial charge in [-0.05, 0) is 53.4 Å². The van der Waals surface area contributed by atoms with Crippen molar-refractivity contribution in [3.05, 3.63) is 119 Å². The summed E-state index contributed by atoms with van der Waals surface area (Å²) in [6.07, 6.45) is 0. The third-order valence-electron chi connectivity index (χ3n) is 6.04. The summed E-state index contributed by atoms with van der Waals surface area (Å²) in [7, 11) is 0. The number of anilines is 1. The van der Waals surface area contributed by atoms with Crippen LogP contribution in [-0.2, 0) is 4.79 Å². The van der Waals surface area contributed by atoms with Gasteiger partial charge < -0.3 is 10.4 Å². The van der Waals surface area contributed by atoms with E-state index in [9.17, 15) is 9.90 Å². The summed E-state index contributed by atoms with van der Waals surface area (Å²) >= 11 is 0. The van der Waals surface area contributed by atoms with Gasteiger partial charge in [0.05, 0.1) is 5.92 Å². The van der Waals surface area contributed by atoms with Crippen molar-refractivity contribution in [2.24, 2.45) is 0 Å². The minimum absolute atomic E-state index is 0.00156. The summed E-state index contributed by atoms with van der Waals surface area (Å²) in [5.74, 6) is -0.225. The number of fused-ring (bicyclic) bond motifs is 1. The van der Waals surface area contributed by atoms with Crippen LogP contribution in [0.1, 0.15) is 34.1 Å². The lowest BCUT2D eigenvalue weighted by molar-refractivity contribution is -0.117. The monoisotopic (exact) mass is 405 g/mol. The number of aromatic hydroxyl groups is 1. The predicted molar refractivity (Wildman–Crippen MR) is 124 cm³/mol. The minimum Gasteiger partial charge on any atom is -0.507 e. The van der Waals surface area contributed by atoms with Crippen molar-refractivity contribution in [2.75, 3.05) is 5.32 Å². The van der Waals surface area contributed by atoms with E-state index in [1.165, 1.54) is 0 Å². The van der Waals surface area contributed by atoms with Crippen molar-refractivity contribution in [1.82, 2.24) is 0 Å². The summed E-state index contributed by atoms with van der Waals surface area (Å²) in [5, 5.41) is 13.5. The molecule has 0 spiro atoms. The van der Waals surface area contributed by atoms with E-state index in [2.05, 4.69) is 29.6 Å². The fraction of sp³-hybridized carbons (Fsp3) is 0.107. The zero-order valence-electron chi connectivity index (χ0n) is 17.2. The highest BCUT2D eigenvalue weighted by molar-refractivity contribution is 6.04. The second-order valence-corrected chi connectivity index (χ2v) is 8.09. The Morgan fingerprint density at radius 3 is 2.10 bits per heavy atom. The highest BCUT2D eigenvalue weighted by Crippen LogP contribution is 2.46. The summed E-state index contributed by atoms with van der Waals surface area (Å²) < 4.78 is 0. The Kier molecular flexibility index (Phi) is 4.79. The summed E-state index contributed by atoms with van der Waals surface area (Å²) in [6.45, 7) is 2.00. The molecule has 0 aliphatic carbocycles. The van der Waals surface area contributed by atoms with E-state index in [1.807, 2.05) is 73.7 Å². The quantitative estimate of drug-likeness (QED) is 0.422. The van der Waals surface area contributed by atoms with Gasteiger partial charge in [-0.15, -0.1) is 0 Å². The van der Waals surface area contributed by atoms with Crippen molar-refractivity contribution in [3.63, 3.8) is 0 Å². The van der Waals surface area contributed by atoms with Gasteiger partial charge in [-0.2, -0.15) is 0 Å². The van der Waals surface area contributed by atoms with Crippen LogP contribution in [0.15, 0.2) is 97.1 Å². The number of nitrogens with one attached hydrogen (secondary N) is 1. The van der Waals surface area contributed by atoms with Crippen LogP contribution >= 0.6 is 0 Å². The Morgan fingerprint density at radius 2 is 1.45 bits per heavy atom. The van der Waals surface area contributed by atoms with Gasteiger partial charge in [-0.3, -0.25) is 4.79 Å². The molecule has 0 fully saturated rings. The second kappa shape index (κ2) is 7.77. The van der Waals surface area contributed by atoms with Gasteiger partial charge in [0.25, 0.3) is 0 Å². The fourth-order valence-electron chi connectivity index (χ4n) is 4.56.